The maximum Gasteiger partial charge on any atom is 0.225 e. The van der Waals surface area contributed by atoms with Crippen LogP contribution >= 0.6 is 11.6 Å². The Morgan fingerprint density at radius 2 is 2.33 bits per heavy atom. The van der Waals surface area contributed by atoms with Crippen molar-refractivity contribution in [3.8, 4) is 0 Å². The lowest BCUT2D eigenvalue weighted by Crippen LogP contribution is -2.15. The van der Waals surface area contributed by atoms with Gasteiger partial charge in [-0.2, -0.15) is 0 Å². The Hall–Kier alpha value is -1.13. The summed E-state index contributed by atoms with van der Waals surface area (Å²) in [5.74, 6) is 0.891. The molecule has 18 heavy (non-hydrogen) atoms. The molecule has 1 heterocycles. The van der Waals surface area contributed by atoms with Crippen LogP contribution in [0.4, 0.5) is 5.82 Å². The van der Waals surface area contributed by atoms with Gasteiger partial charge in [-0.15, -0.1) is 0 Å². The van der Waals surface area contributed by atoms with Crippen LogP contribution in [0.1, 0.15) is 32.6 Å². The molecule has 0 spiro atoms. The number of hydrogen-bond acceptors (Lipinski definition) is 3. The van der Waals surface area contributed by atoms with Crippen molar-refractivity contribution in [1.29, 1.82) is 0 Å². The fraction of sp³-hybridized carbons (Fsp3) is 0.538. The lowest BCUT2D eigenvalue weighted by Gasteiger charge is -2.13. The highest BCUT2D eigenvalue weighted by atomic mass is 35.5. The Bertz CT molecular complexity index is 384. The molecule has 3 N–H and O–H groups in total. The summed E-state index contributed by atoms with van der Waals surface area (Å²) in [5.41, 5.74) is 5.53. The van der Waals surface area contributed by atoms with Gasteiger partial charge >= 0.3 is 0 Å². The highest BCUT2D eigenvalue weighted by molar-refractivity contribution is 6.33. The van der Waals surface area contributed by atoms with Gasteiger partial charge in [0.25, 0.3) is 0 Å². The van der Waals surface area contributed by atoms with Crippen LogP contribution in [0.2, 0.25) is 5.02 Å². The summed E-state index contributed by atoms with van der Waals surface area (Å²) in [7, 11) is 0. The number of nitrogens with two attached hydrogens (primary N) is 1. The molecule has 1 amide bonds. The largest absolute Gasteiger partial charge is 0.330 e. The van der Waals surface area contributed by atoms with Crippen molar-refractivity contribution in [2.75, 3.05) is 11.9 Å². The molecule has 0 aliphatic heterocycles. The third kappa shape index (κ3) is 5.02. The molecule has 0 aliphatic carbocycles. The molecule has 5 heteroatoms. The number of pyridine rings is 1. The van der Waals surface area contributed by atoms with E-state index < -0.39 is 0 Å². The molecule has 4 nitrogen and oxygen atoms in total. The zero-order valence-electron chi connectivity index (χ0n) is 10.7. The van der Waals surface area contributed by atoms with Crippen molar-refractivity contribution in [3.63, 3.8) is 0 Å². The van der Waals surface area contributed by atoms with Gasteiger partial charge in [0, 0.05) is 12.6 Å². The van der Waals surface area contributed by atoms with Gasteiger partial charge in [-0.25, -0.2) is 4.98 Å². The molecule has 0 radical (unpaired) electrons. The number of rotatable bonds is 7. The predicted molar refractivity (Wildman–Crippen MR) is 74.6 cm³/mol. The van der Waals surface area contributed by atoms with E-state index >= 15 is 0 Å². The fourth-order valence-corrected chi connectivity index (χ4v) is 1.96. The molecule has 0 bridgehead atoms. The monoisotopic (exact) mass is 269 g/mol. The quantitative estimate of drug-likeness (QED) is 0.800. The van der Waals surface area contributed by atoms with Gasteiger partial charge < -0.3 is 11.1 Å². The van der Waals surface area contributed by atoms with Crippen molar-refractivity contribution in [1.82, 2.24) is 4.98 Å². The standard InChI is InChI=1S/C13H20ClN3O/c1-2-10(7-8-15)5-6-12(18)17-13-11(14)4-3-9-16-13/h3-4,9-10H,2,5-8,15H2,1H3,(H,16,17,18). The average molecular weight is 270 g/mol. The van der Waals surface area contributed by atoms with Gasteiger partial charge in [-0.1, -0.05) is 24.9 Å². The van der Waals surface area contributed by atoms with Crippen molar-refractivity contribution >= 4 is 23.3 Å². The van der Waals surface area contributed by atoms with Crippen molar-refractivity contribution in [2.24, 2.45) is 11.7 Å². The second-order valence-corrected chi connectivity index (χ2v) is 4.68. The average Bonchev–Trinajstić information content (AvgIpc) is 2.37. The minimum Gasteiger partial charge on any atom is -0.330 e. The van der Waals surface area contributed by atoms with E-state index in [2.05, 4.69) is 17.2 Å². The third-order valence-electron chi connectivity index (χ3n) is 2.95. The van der Waals surface area contributed by atoms with Crippen LogP contribution in [0.5, 0.6) is 0 Å². The number of nitrogens with zero attached hydrogens (tertiary/aromatic N) is 1. The molecule has 1 unspecified atom stereocenters. The number of aromatic nitrogens is 1. The number of nitrogens with one attached hydrogen (secondary N) is 1. The van der Waals surface area contributed by atoms with E-state index in [1.54, 1.807) is 18.3 Å². The first-order chi connectivity index (χ1) is 8.67. The highest BCUT2D eigenvalue weighted by Crippen LogP contribution is 2.19. The van der Waals surface area contributed by atoms with E-state index in [1.165, 1.54) is 0 Å². The van der Waals surface area contributed by atoms with Crippen molar-refractivity contribution < 1.29 is 4.79 Å². The summed E-state index contributed by atoms with van der Waals surface area (Å²) in [6.45, 7) is 2.79. The zero-order chi connectivity index (χ0) is 13.4. The number of hydrogen-bond donors (Lipinski definition) is 2. The SMILES string of the molecule is CCC(CCN)CCC(=O)Nc1ncccc1Cl. The number of halogens is 1. The summed E-state index contributed by atoms with van der Waals surface area (Å²) in [6, 6.07) is 3.43. The summed E-state index contributed by atoms with van der Waals surface area (Å²) in [6.07, 6.45) is 4.95. The smallest absolute Gasteiger partial charge is 0.225 e. The molecule has 0 fully saturated rings. The van der Waals surface area contributed by atoms with Crippen LogP contribution < -0.4 is 11.1 Å². The topological polar surface area (TPSA) is 68.0 Å². The Balaban J connectivity index is 2.40. The maximum atomic E-state index is 11.7. The fourth-order valence-electron chi connectivity index (χ4n) is 1.80. The summed E-state index contributed by atoms with van der Waals surface area (Å²) >= 11 is 5.91. The summed E-state index contributed by atoms with van der Waals surface area (Å²) in [5, 5.41) is 3.18. The number of amides is 1. The highest BCUT2D eigenvalue weighted by Gasteiger charge is 2.10. The van der Waals surface area contributed by atoms with Crippen LogP contribution in [-0.2, 0) is 4.79 Å². The molecule has 0 aromatic carbocycles. The maximum absolute atomic E-state index is 11.7. The molecular weight excluding hydrogens is 250 g/mol. The van der Waals surface area contributed by atoms with Gasteiger partial charge in [0.15, 0.2) is 5.82 Å². The van der Waals surface area contributed by atoms with E-state index in [-0.39, 0.29) is 5.91 Å². The first-order valence-corrected chi connectivity index (χ1v) is 6.65. The van der Waals surface area contributed by atoms with E-state index in [1.807, 2.05) is 0 Å². The molecule has 100 valence electrons. The molecular formula is C13H20ClN3O. The summed E-state index contributed by atoms with van der Waals surface area (Å²) in [4.78, 5) is 15.8. The molecule has 1 atom stereocenters. The second-order valence-electron chi connectivity index (χ2n) is 4.27. The Morgan fingerprint density at radius 1 is 1.56 bits per heavy atom. The van der Waals surface area contributed by atoms with E-state index in [0.29, 0.717) is 29.7 Å². The number of anilines is 1. The van der Waals surface area contributed by atoms with Gasteiger partial charge in [-0.3, -0.25) is 4.79 Å². The molecule has 0 saturated carbocycles. The van der Waals surface area contributed by atoms with Gasteiger partial charge in [0.2, 0.25) is 5.91 Å². The molecule has 1 aromatic rings. The number of carbonyl (C=O) groups excluding carboxylic acids is 1. The molecule has 0 saturated heterocycles. The van der Waals surface area contributed by atoms with E-state index in [4.69, 9.17) is 17.3 Å². The van der Waals surface area contributed by atoms with Crippen molar-refractivity contribution in [3.05, 3.63) is 23.4 Å². The lowest BCUT2D eigenvalue weighted by molar-refractivity contribution is -0.116. The number of carbonyl (C=O) groups is 1. The van der Waals surface area contributed by atoms with Crippen LogP contribution in [0, 0.1) is 5.92 Å². The minimum atomic E-state index is -0.0499. The molecule has 1 aromatic heterocycles. The van der Waals surface area contributed by atoms with Crippen LogP contribution in [0.15, 0.2) is 18.3 Å². The Kier molecular flexibility index (Phi) is 6.68. The van der Waals surface area contributed by atoms with Gasteiger partial charge in [0.1, 0.15) is 0 Å². The molecule has 1 rings (SSSR count). The van der Waals surface area contributed by atoms with Crippen LogP contribution in [0.25, 0.3) is 0 Å². The first-order valence-electron chi connectivity index (χ1n) is 6.27. The van der Waals surface area contributed by atoms with E-state index in [9.17, 15) is 4.79 Å². The van der Waals surface area contributed by atoms with Gasteiger partial charge in [-0.05, 0) is 37.4 Å². The normalized spacial score (nSPS) is 12.2. The zero-order valence-corrected chi connectivity index (χ0v) is 11.4. The summed E-state index contributed by atoms with van der Waals surface area (Å²) < 4.78 is 0. The molecule has 0 aliphatic rings. The van der Waals surface area contributed by atoms with Crippen LogP contribution in [-0.4, -0.2) is 17.4 Å². The van der Waals surface area contributed by atoms with Crippen LogP contribution in [0.3, 0.4) is 0 Å². The van der Waals surface area contributed by atoms with E-state index in [0.717, 1.165) is 19.3 Å². The minimum absolute atomic E-state index is 0.0499. The van der Waals surface area contributed by atoms with Crippen molar-refractivity contribution in [2.45, 2.75) is 32.6 Å². The second kappa shape index (κ2) is 8.06. The van der Waals surface area contributed by atoms with Gasteiger partial charge in [0.05, 0.1) is 5.02 Å². The predicted octanol–water partition coefficient (Wildman–Crippen LogP) is 2.83. The first kappa shape index (κ1) is 14.9. The third-order valence-corrected chi connectivity index (χ3v) is 3.25. The Labute approximate surface area is 113 Å². The lowest BCUT2D eigenvalue weighted by atomic mass is 9.96. The Morgan fingerprint density at radius 3 is 2.94 bits per heavy atom.